The second kappa shape index (κ2) is 11.6. The van der Waals surface area contributed by atoms with E-state index in [1.807, 2.05) is 27.7 Å². The first-order valence-corrected chi connectivity index (χ1v) is 17.9. The fourth-order valence-electron chi connectivity index (χ4n) is 5.15. The largest absolute Gasteiger partial charge is 0.362 e. The summed E-state index contributed by atoms with van der Waals surface area (Å²) in [5.74, 6) is 0.173. The number of ether oxygens (including phenoxy) is 1. The number of rotatable bonds is 10. The van der Waals surface area contributed by atoms with E-state index >= 15 is 0 Å². The van der Waals surface area contributed by atoms with Crippen LogP contribution in [0, 0.1) is 39.9 Å². The molecule has 10 nitrogen and oxygen atoms in total. The zero-order valence-corrected chi connectivity index (χ0v) is 24.7. The molecule has 4 aromatic heterocycles. The zero-order chi connectivity index (χ0) is 28.3. The van der Waals surface area contributed by atoms with Gasteiger partial charge in [-0.3, -0.25) is 4.68 Å². The van der Waals surface area contributed by atoms with Gasteiger partial charge in [0.2, 0.25) is 0 Å². The number of nitriles is 3. The molecule has 1 aliphatic rings. The second-order valence-corrected chi connectivity index (χ2v) is 17.8. The molecule has 1 fully saturated rings. The maximum absolute atomic E-state index is 9.64. The van der Waals surface area contributed by atoms with Gasteiger partial charge in [0, 0.05) is 62.4 Å². The fourth-order valence-corrected chi connectivity index (χ4v) is 6.89. The Kier molecular flexibility index (Phi) is 7.99. The molecule has 0 amide bonds. The summed E-state index contributed by atoms with van der Waals surface area (Å²) in [5, 5.41) is 36.7. The van der Waals surface area contributed by atoms with Crippen molar-refractivity contribution in [2.24, 2.45) is 5.92 Å². The van der Waals surface area contributed by atoms with Gasteiger partial charge in [-0.25, -0.2) is 9.97 Å². The molecule has 2 atom stereocenters. The first-order chi connectivity index (χ1) is 19.3. The van der Waals surface area contributed by atoms with Crippen molar-refractivity contribution >= 4 is 35.4 Å². The molecule has 1 aliphatic heterocycles. The number of aromatic nitrogens is 5. The van der Waals surface area contributed by atoms with Crippen molar-refractivity contribution in [3.8, 4) is 29.5 Å². The molecule has 0 spiro atoms. The smallest absolute Gasteiger partial charge is 0.145 e. The zero-order valence-electron chi connectivity index (χ0n) is 22.9. The number of thiophene rings is 1. The number of hydrogen-bond acceptors (Lipinski definition) is 9. The highest BCUT2D eigenvalue weighted by Gasteiger charge is 2.33. The molecule has 5 rings (SSSR count). The average Bonchev–Trinajstić information content (AvgIpc) is 3.74. The lowest BCUT2D eigenvalue weighted by Crippen LogP contribution is -2.25. The van der Waals surface area contributed by atoms with Crippen LogP contribution in [0.5, 0.6) is 0 Å². The maximum Gasteiger partial charge on any atom is 0.145 e. The van der Waals surface area contributed by atoms with Crippen molar-refractivity contribution in [3.63, 3.8) is 0 Å². The summed E-state index contributed by atoms with van der Waals surface area (Å²) in [6.07, 6.45) is 8.50. The Bertz CT molecular complexity index is 1630. The Labute approximate surface area is 238 Å². The monoisotopic (exact) mass is 569 g/mol. The molecule has 0 radical (unpaired) electrons. The third kappa shape index (κ3) is 5.63. The van der Waals surface area contributed by atoms with Crippen LogP contribution in [0.2, 0.25) is 25.7 Å². The summed E-state index contributed by atoms with van der Waals surface area (Å²) in [7, 11) is -1.15. The van der Waals surface area contributed by atoms with Gasteiger partial charge in [-0.1, -0.05) is 19.6 Å². The van der Waals surface area contributed by atoms with Crippen LogP contribution in [0.4, 0.5) is 5.00 Å². The third-order valence-electron chi connectivity index (χ3n) is 7.36. The van der Waals surface area contributed by atoms with E-state index in [-0.39, 0.29) is 12.0 Å². The summed E-state index contributed by atoms with van der Waals surface area (Å²) in [5.41, 5.74) is 3.33. The van der Waals surface area contributed by atoms with Gasteiger partial charge >= 0.3 is 0 Å². The van der Waals surface area contributed by atoms with Crippen LogP contribution in [0.1, 0.15) is 30.0 Å². The highest BCUT2D eigenvalue weighted by atomic mass is 32.1. The number of fused-ring (bicyclic) bond motifs is 1. The van der Waals surface area contributed by atoms with Crippen LogP contribution in [0.25, 0.3) is 22.3 Å². The summed E-state index contributed by atoms with van der Waals surface area (Å²) in [6, 6.07) is 9.63. The summed E-state index contributed by atoms with van der Waals surface area (Å²) < 4.78 is 9.83. The van der Waals surface area contributed by atoms with Crippen LogP contribution < -0.4 is 4.90 Å². The van der Waals surface area contributed by atoms with Gasteiger partial charge in [-0.2, -0.15) is 20.9 Å². The summed E-state index contributed by atoms with van der Waals surface area (Å²) in [4.78, 5) is 11.2. The lowest BCUT2D eigenvalue weighted by atomic mass is 9.96. The van der Waals surface area contributed by atoms with E-state index in [9.17, 15) is 15.8 Å². The Morgan fingerprint density at radius 3 is 2.80 bits per heavy atom. The van der Waals surface area contributed by atoms with Gasteiger partial charge in [-0.15, -0.1) is 11.3 Å². The number of anilines is 1. The topological polar surface area (TPSA) is 132 Å². The summed E-state index contributed by atoms with van der Waals surface area (Å²) in [6.45, 7) is 9.66. The van der Waals surface area contributed by atoms with Gasteiger partial charge in [0.05, 0.1) is 36.0 Å². The minimum absolute atomic E-state index is 0.119. The van der Waals surface area contributed by atoms with Crippen LogP contribution in [-0.4, -0.2) is 52.1 Å². The maximum atomic E-state index is 9.64. The van der Waals surface area contributed by atoms with E-state index in [0.29, 0.717) is 30.8 Å². The highest BCUT2D eigenvalue weighted by Crippen LogP contribution is 2.38. The van der Waals surface area contributed by atoms with Crippen molar-refractivity contribution in [2.45, 2.75) is 51.3 Å². The molecule has 0 N–H and O–H groups in total. The van der Waals surface area contributed by atoms with Crippen molar-refractivity contribution in [1.29, 1.82) is 15.8 Å². The van der Waals surface area contributed by atoms with Crippen LogP contribution >= 0.6 is 11.3 Å². The number of hydrogen-bond donors (Lipinski definition) is 0. The Balaban J connectivity index is 1.34. The van der Waals surface area contributed by atoms with Gasteiger partial charge < -0.3 is 14.2 Å². The highest BCUT2D eigenvalue weighted by molar-refractivity contribution is 7.14. The molecule has 4 aromatic rings. The van der Waals surface area contributed by atoms with E-state index < -0.39 is 8.07 Å². The van der Waals surface area contributed by atoms with Crippen molar-refractivity contribution in [3.05, 3.63) is 47.5 Å². The van der Waals surface area contributed by atoms with E-state index in [0.717, 1.165) is 52.9 Å². The van der Waals surface area contributed by atoms with Gasteiger partial charge in [0.25, 0.3) is 0 Å². The predicted octanol–water partition coefficient (Wildman–Crippen LogP) is 5.39. The molecular weight excluding hydrogens is 539 g/mol. The lowest BCUT2D eigenvalue weighted by Gasteiger charge is -2.23. The minimum Gasteiger partial charge on any atom is -0.362 e. The number of nitrogens with zero attached hydrogens (tertiary/aromatic N) is 9. The predicted molar refractivity (Wildman–Crippen MR) is 156 cm³/mol. The van der Waals surface area contributed by atoms with Gasteiger partial charge in [0.1, 0.15) is 41.4 Å². The first-order valence-electron chi connectivity index (χ1n) is 13.3. The van der Waals surface area contributed by atoms with E-state index in [1.54, 1.807) is 17.9 Å². The molecule has 12 heteroatoms. The molecule has 40 heavy (non-hydrogen) atoms. The molecule has 1 unspecified atom stereocenters. The average molecular weight is 570 g/mol. The molecule has 204 valence electrons. The SMILES string of the molecule is C[Si](C)(C)CCOCn1ccc2c(-c3cnn([C@@H](CC#N)C4CCN(c5scc(C#N)c5C#N)C4)c3)ncnc21. The van der Waals surface area contributed by atoms with E-state index in [2.05, 4.69) is 57.8 Å². The molecular formula is C28H31N9OSSi. The van der Waals surface area contributed by atoms with E-state index in [4.69, 9.17) is 4.74 Å². The second-order valence-electron chi connectivity index (χ2n) is 11.3. The molecule has 1 saturated heterocycles. The van der Waals surface area contributed by atoms with Crippen molar-refractivity contribution in [2.75, 3.05) is 24.6 Å². The van der Waals surface area contributed by atoms with Crippen LogP contribution in [0.3, 0.4) is 0 Å². The molecule has 0 aliphatic carbocycles. The van der Waals surface area contributed by atoms with Gasteiger partial charge in [0.15, 0.2) is 0 Å². The lowest BCUT2D eigenvalue weighted by molar-refractivity contribution is 0.0899. The Morgan fingerprint density at radius 2 is 2.05 bits per heavy atom. The quantitative estimate of drug-likeness (QED) is 0.183. The minimum atomic E-state index is -1.15. The Hall–Kier alpha value is -4.02. The van der Waals surface area contributed by atoms with Crippen LogP contribution in [-0.2, 0) is 11.5 Å². The molecule has 0 bridgehead atoms. The van der Waals surface area contributed by atoms with Gasteiger partial charge in [-0.05, 0) is 18.5 Å². The standard InChI is InChI=1S/C28H31N9OSSi/c1-40(2,3)11-10-38-19-36-9-6-23-26(32-18-33-27(23)36)22-14-34-37(16-22)25(4-7-29)20-5-8-35(15-20)28-24(13-31)21(12-30)17-39-28/h6,9,14,16-18,20,25H,4-5,8,10-11,15,19H2,1-3H3/t20?,25-/m0/s1. The van der Waals surface area contributed by atoms with Crippen LogP contribution in [0.15, 0.2) is 36.4 Å². The fraction of sp³-hybridized carbons (Fsp3) is 0.429. The Morgan fingerprint density at radius 1 is 1.20 bits per heavy atom. The molecule has 5 heterocycles. The van der Waals surface area contributed by atoms with E-state index in [1.165, 1.54) is 11.3 Å². The first kappa shape index (κ1) is 27.5. The molecule has 0 aromatic carbocycles. The van der Waals surface area contributed by atoms with Crippen molar-refractivity contribution in [1.82, 2.24) is 24.3 Å². The third-order valence-corrected chi connectivity index (χ3v) is 10.1. The van der Waals surface area contributed by atoms with Crippen molar-refractivity contribution < 1.29 is 4.74 Å². The normalized spacial score (nSPS) is 16.1. The molecule has 0 saturated carbocycles. The summed E-state index contributed by atoms with van der Waals surface area (Å²) >= 11 is 1.43.